The summed E-state index contributed by atoms with van der Waals surface area (Å²) < 4.78 is 19.2. The van der Waals surface area contributed by atoms with E-state index in [1.54, 1.807) is 25.1 Å². The highest BCUT2D eigenvalue weighted by atomic mass is 19.1. The molecule has 0 amide bonds. The lowest BCUT2D eigenvalue weighted by Crippen LogP contribution is -1.97. The lowest BCUT2D eigenvalue weighted by Gasteiger charge is -2.06. The van der Waals surface area contributed by atoms with Gasteiger partial charge in [-0.2, -0.15) is 5.10 Å². The molecule has 0 fully saturated rings. The van der Waals surface area contributed by atoms with E-state index in [1.165, 1.54) is 6.07 Å². The first-order valence-corrected chi connectivity index (χ1v) is 8.32. The lowest BCUT2D eigenvalue weighted by atomic mass is 10.1. The molecule has 0 saturated heterocycles. The summed E-state index contributed by atoms with van der Waals surface area (Å²) in [5.41, 5.74) is 1.98. The maximum absolute atomic E-state index is 14.0. The Hall–Kier alpha value is -2.53. The second-order valence-electron chi connectivity index (χ2n) is 5.77. The van der Waals surface area contributed by atoms with Crippen LogP contribution in [0.25, 0.3) is 17.3 Å². The number of rotatable bonds is 9. The van der Waals surface area contributed by atoms with Crippen LogP contribution in [-0.2, 0) is 0 Å². The minimum Gasteiger partial charge on any atom is -0.486 e. The zero-order valence-electron chi connectivity index (χ0n) is 14.4. The molecule has 5 heteroatoms. The van der Waals surface area contributed by atoms with Crippen LogP contribution in [0.1, 0.15) is 31.9 Å². The SMILES string of the molecule is C=CCOc1ccc(-c2ccc(C=CCCCC(C)O)nn2)cc1F. The van der Waals surface area contributed by atoms with E-state index in [9.17, 15) is 9.50 Å². The maximum Gasteiger partial charge on any atom is 0.165 e. The first-order valence-electron chi connectivity index (χ1n) is 8.32. The Kier molecular flexibility index (Phi) is 7.29. The summed E-state index contributed by atoms with van der Waals surface area (Å²) in [4.78, 5) is 0. The monoisotopic (exact) mass is 342 g/mol. The number of aliphatic hydroxyl groups excluding tert-OH is 1. The van der Waals surface area contributed by atoms with Crippen molar-refractivity contribution in [2.75, 3.05) is 6.61 Å². The number of ether oxygens (including phenoxy) is 1. The molecular weight excluding hydrogens is 319 g/mol. The molecular formula is C20H23FN2O2. The normalized spacial score (nSPS) is 12.3. The minimum atomic E-state index is -0.441. The van der Waals surface area contributed by atoms with Crippen LogP contribution in [0, 0.1) is 5.82 Å². The van der Waals surface area contributed by atoms with Crippen molar-refractivity contribution in [3.8, 4) is 17.0 Å². The summed E-state index contributed by atoms with van der Waals surface area (Å²) in [7, 11) is 0. The Labute approximate surface area is 147 Å². The van der Waals surface area contributed by atoms with Gasteiger partial charge in [-0.15, -0.1) is 5.10 Å². The molecule has 0 spiro atoms. The van der Waals surface area contributed by atoms with Gasteiger partial charge in [0.25, 0.3) is 0 Å². The number of nitrogens with zero attached hydrogens (tertiary/aromatic N) is 2. The molecule has 0 aliphatic carbocycles. The number of aromatic nitrogens is 2. The molecule has 1 heterocycles. The number of hydrogen-bond acceptors (Lipinski definition) is 4. The first-order chi connectivity index (χ1) is 12.1. The molecule has 132 valence electrons. The van der Waals surface area contributed by atoms with Gasteiger partial charge in [0, 0.05) is 5.56 Å². The van der Waals surface area contributed by atoms with Gasteiger partial charge in [0.2, 0.25) is 0 Å². The number of benzene rings is 1. The van der Waals surface area contributed by atoms with Crippen molar-refractivity contribution < 1.29 is 14.2 Å². The number of halogens is 1. The van der Waals surface area contributed by atoms with Gasteiger partial charge >= 0.3 is 0 Å². The molecule has 0 bridgehead atoms. The van der Waals surface area contributed by atoms with E-state index < -0.39 is 5.82 Å². The van der Waals surface area contributed by atoms with E-state index in [-0.39, 0.29) is 18.5 Å². The van der Waals surface area contributed by atoms with Crippen molar-refractivity contribution >= 4 is 6.08 Å². The molecule has 4 nitrogen and oxygen atoms in total. The smallest absolute Gasteiger partial charge is 0.165 e. The van der Waals surface area contributed by atoms with Crippen molar-refractivity contribution in [2.24, 2.45) is 0 Å². The fraction of sp³-hybridized carbons (Fsp3) is 0.300. The van der Waals surface area contributed by atoms with Crippen LogP contribution >= 0.6 is 0 Å². The van der Waals surface area contributed by atoms with E-state index >= 15 is 0 Å². The van der Waals surface area contributed by atoms with Gasteiger partial charge in [0.15, 0.2) is 11.6 Å². The summed E-state index contributed by atoms with van der Waals surface area (Å²) in [5, 5.41) is 17.5. The zero-order valence-corrected chi connectivity index (χ0v) is 14.4. The maximum atomic E-state index is 14.0. The Balaban J connectivity index is 1.98. The van der Waals surface area contributed by atoms with Crippen LogP contribution in [0.4, 0.5) is 4.39 Å². The molecule has 1 aromatic heterocycles. The highest BCUT2D eigenvalue weighted by Gasteiger charge is 2.07. The third-order valence-corrected chi connectivity index (χ3v) is 3.55. The molecule has 2 rings (SSSR count). The minimum absolute atomic E-state index is 0.188. The highest BCUT2D eigenvalue weighted by molar-refractivity contribution is 5.60. The van der Waals surface area contributed by atoms with E-state index in [4.69, 9.17) is 4.74 Å². The van der Waals surface area contributed by atoms with Crippen molar-refractivity contribution in [2.45, 2.75) is 32.3 Å². The lowest BCUT2D eigenvalue weighted by molar-refractivity contribution is 0.182. The van der Waals surface area contributed by atoms with E-state index in [0.717, 1.165) is 25.0 Å². The van der Waals surface area contributed by atoms with E-state index in [1.807, 2.05) is 24.3 Å². The topological polar surface area (TPSA) is 55.2 Å². The molecule has 1 unspecified atom stereocenters. The Morgan fingerprint density at radius 3 is 2.76 bits per heavy atom. The number of aliphatic hydroxyl groups is 1. The first kappa shape index (κ1) is 18.8. The van der Waals surface area contributed by atoms with Crippen molar-refractivity contribution in [3.05, 3.63) is 60.6 Å². The fourth-order valence-corrected chi connectivity index (χ4v) is 2.25. The number of allylic oxidation sites excluding steroid dienone is 1. The Bertz CT molecular complexity index is 712. The largest absolute Gasteiger partial charge is 0.486 e. The molecule has 0 radical (unpaired) electrons. The molecule has 0 aliphatic heterocycles. The van der Waals surface area contributed by atoms with Crippen LogP contribution in [0.3, 0.4) is 0 Å². The van der Waals surface area contributed by atoms with Crippen LogP contribution in [0.15, 0.2) is 49.1 Å². The molecule has 0 aliphatic rings. The summed E-state index contributed by atoms with van der Waals surface area (Å²) in [6, 6.07) is 8.35. The van der Waals surface area contributed by atoms with Crippen LogP contribution in [0.2, 0.25) is 0 Å². The molecule has 1 atom stereocenters. The van der Waals surface area contributed by atoms with Crippen molar-refractivity contribution in [1.82, 2.24) is 10.2 Å². The standard InChI is InChI=1S/C20H23FN2O2/c1-3-13-25-20-12-9-16(14-18(20)21)19-11-10-17(22-23-19)8-6-4-5-7-15(2)24/h3,6,8-12,14-15,24H,1,4-5,7,13H2,2H3. The molecule has 2 aromatic rings. The van der Waals surface area contributed by atoms with Gasteiger partial charge in [-0.1, -0.05) is 18.7 Å². The third-order valence-electron chi connectivity index (χ3n) is 3.55. The van der Waals surface area contributed by atoms with Crippen molar-refractivity contribution in [3.63, 3.8) is 0 Å². The van der Waals surface area contributed by atoms with Gasteiger partial charge in [-0.3, -0.25) is 0 Å². The van der Waals surface area contributed by atoms with E-state index in [2.05, 4.69) is 16.8 Å². The zero-order chi connectivity index (χ0) is 18.1. The summed E-state index contributed by atoms with van der Waals surface area (Å²) in [6.45, 7) is 5.58. The van der Waals surface area contributed by atoms with Gasteiger partial charge in [-0.05, 0) is 62.6 Å². The average Bonchev–Trinajstić information content (AvgIpc) is 2.60. The quantitative estimate of drug-likeness (QED) is 0.542. The molecule has 25 heavy (non-hydrogen) atoms. The third kappa shape index (κ3) is 6.12. The van der Waals surface area contributed by atoms with Gasteiger partial charge in [-0.25, -0.2) is 4.39 Å². The second kappa shape index (κ2) is 9.69. The summed E-state index contributed by atoms with van der Waals surface area (Å²) in [5.74, 6) is -0.253. The van der Waals surface area contributed by atoms with Crippen molar-refractivity contribution in [1.29, 1.82) is 0 Å². The summed E-state index contributed by atoms with van der Waals surface area (Å²) in [6.07, 6.45) is 7.80. The highest BCUT2D eigenvalue weighted by Crippen LogP contribution is 2.24. The van der Waals surface area contributed by atoms with Crippen LogP contribution < -0.4 is 4.74 Å². The number of hydrogen-bond donors (Lipinski definition) is 1. The second-order valence-corrected chi connectivity index (χ2v) is 5.77. The molecule has 1 N–H and O–H groups in total. The molecule has 1 aromatic carbocycles. The van der Waals surface area contributed by atoms with Crippen LogP contribution in [-0.4, -0.2) is 28.0 Å². The number of unbranched alkanes of at least 4 members (excludes halogenated alkanes) is 1. The van der Waals surface area contributed by atoms with Gasteiger partial charge < -0.3 is 9.84 Å². The van der Waals surface area contributed by atoms with Gasteiger partial charge in [0.1, 0.15) is 6.61 Å². The summed E-state index contributed by atoms with van der Waals surface area (Å²) >= 11 is 0. The molecule has 0 saturated carbocycles. The van der Waals surface area contributed by atoms with Gasteiger partial charge in [0.05, 0.1) is 17.5 Å². The fourth-order valence-electron chi connectivity index (χ4n) is 2.25. The predicted octanol–water partition coefficient (Wildman–Crippen LogP) is 4.41. The van der Waals surface area contributed by atoms with Crippen LogP contribution in [0.5, 0.6) is 5.75 Å². The Morgan fingerprint density at radius 2 is 2.12 bits per heavy atom. The Morgan fingerprint density at radius 1 is 1.28 bits per heavy atom. The average molecular weight is 342 g/mol. The van der Waals surface area contributed by atoms with E-state index in [0.29, 0.717) is 11.3 Å². The predicted molar refractivity (Wildman–Crippen MR) is 97.7 cm³/mol.